The van der Waals surface area contributed by atoms with Gasteiger partial charge in [-0.15, -0.1) is 0 Å². The second-order valence-corrected chi connectivity index (χ2v) is 6.79. The van der Waals surface area contributed by atoms with E-state index < -0.39 is 0 Å². The quantitative estimate of drug-likeness (QED) is 0.525. The average molecular weight is 206 g/mol. The zero-order chi connectivity index (χ0) is 11.9. The summed E-state index contributed by atoms with van der Waals surface area (Å²) < 4.78 is 0. The van der Waals surface area contributed by atoms with Crippen molar-refractivity contribution in [2.24, 2.45) is 16.2 Å². The van der Waals surface area contributed by atoms with Gasteiger partial charge in [-0.1, -0.05) is 65.3 Å². The molecular formula is C15H26. The van der Waals surface area contributed by atoms with Crippen LogP contribution in [0.25, 0.3) is 0 Å². The van der Waals surface area contributed by atoms with E-state index in [2.05, 4.69) is 66.7 Å². The van der Waals surface area contributed by atoms with Gasteiger partial charge in [-0.3, -0.25) is 0 Å². The Labute approximate surface area is 95.5 Å². The molecule has 0 N–H and O–H groups in total. The van der Waals surface area contributed by atoms with Gasteiger partial charge >= 0.3 is 0 Å². The molecule has 0 spiro atoms. The highest BCUT2D eigenvalue weighted by Gasteiger charge is 2.47. The van der Waals surface area contributed by atoms with E-state index in [1.165, 1.54) is 12.0 Å². The minimum absolute atomic E-state index is 0.250. The second kappa shape index (κ2) is 3.50. The van der Waals surface area contributed by atoms with Gasteiger partial charge in [-0.25, -0.2) is 0 Å². The van der Waals surface area contributed by atoms with Gasteiger partial charge in [0.05, 0.1) is 0 Å². The molecule has 0 heterocycles. The van der Waals surface area contributed by atoms with E-state index >= 15 is 0 Å². The lowest BCUT2D eigenvalue weighted by molar-refractivity contribution is 0.00915. The van der Waals surface area contributed by atoms with Crippen LogP contribution < -0.4 is 0 Å². The van der Waals surface area contributed by atoms with Crippen LogP contribution in [-0.2, 0) is 0 Å². The van der Waals surface area contributed by atoms with E-state index in [1.807, 2.05) is 0 Å². The molecule has 0 saturated carbocycles. The SMILES string of the molecule is CC1=CCC(C)(C(C)(C)C)C(C)(C)C=C1. The van der Waals surface area contributed by atoms with Gasteiger partial charge in [0.15, 0.2) is 0 Å². The third-order valence-electron chi connectivity index (χ3n) is 4.67. The Balaban J connectivity index is 3.23. The van der Waals surface area contributed by atoms with Crippen molar-refractivity contribution in [3.63, 3.8) is 0 Å². The van der Waals surface area contributed by atoms with Gasteiger partial charge in [0.1, 0.15) is 0 Å². The molecule has 0 saturated heterocycles. The summed E-state index contributed by atoms with van der Waals surface area (Å²) in [4.78, 5) is 0. The summed E-state index contributed by atoms with van der Waals surface area (Å²) in [6.07, 6.45) is 8.22. The first kappa shape index (κ1) is 12.5. The van der Waals surface area contributed by atoms with Gasteiger partial charge in [-0.05, 0) is 29.6 Å². The smallest absolute Gasteiger partial charge is 0.0110 e. The molecule has 1 unspecified atom stereocenters. The van der Waals surface area contributed by atoms with Crippen LogP contribution in [0.5, 0.6) is 0 Å². The maximum absolute atomic E-state index is 2.42. The summed E-state index contributed by atoms with van der Waals surface area (Å²) in [7, 11) is 0. The Kier molecular flexibility index (Phi) is 2.93. The van der Waals surface area contributed by atoms with Crippen molar-refractivity contribution in [2.45, 2.75) is 54.9 Å². The standard InChI is InChI=1S/C15H26/c1-12-8-10-14(5,6)15(7,11-9-12)13(2,3)4/h8-10H,11H2,1-7H3. The summed E-state index contributed by atoms with van der Waals surface area (Å²) in [5.74, 6) is 0. The summed E-state index contributed by atoms with van der Waals surface area (Å²) in [5.41, 5.74) is 2.28. The molecule has 0 aromatic rings. The Morgan fingerprint density at radius 1 is 1.13 bits per heavy atom. The van der Waals surface area contributed by atoms with Gasteiger partial charge in [0.2, 0.25) is 0 Å². The van der Waals surface area contributed by atoms with Crippen molar-refractivity contribution >= 4 is 0 Å². The predicted octanol–water partition coefficient (Wildman–Crippen LogP) is 4.97. The van der Waals surface area contributed by atoms with E-state index in [4.69, 9.17) is 0 Å². The summed E-state index contributed by atoms with van der Waals surface area (Å²) >= 11 is 0. The fourth-order valence-electron chi connectivity index (χ4n) is 2.49. The largest absolute Gasteiger partial charge is 0.0810 e. The molecule has 0 aromatic carbocycles. The number of hydrogen-bond donors (Lipinski definition) is 0. The Bertz CT molecular complexity index is 296. The molecule has 0 aliphatic heterocycles. The molecule has 0 heteroatoms. The van der Waals surface area contributed by atoms with Crippen LogP contribution in [-0.4, -0.2) is 0 Å². The molecule has 0 bridgehead atoms. The molecule has 1 rings (SSSR count). The fourth-order valence-corrected chi connectivity index (χ4v) is 2.49. The van der Waals surface area contributed by atoms with Crippen molar-refractivity contribution in [1.82, 2.24) is 0 Å². The highest BCUT2D eigenvalue weighted by molar-refractivity contribution is 5.25. The minimum atomic E-state index is 0.250. The van der Waals surface area contributed by atoms with Crippen LogP contribution in [0.4, 0.5) is 0 Å². The van der Waals surface area contributed by atoms with Gasteiger partial charge < -0.3 is 0 Å². The first-order valence-electron chi connectivity index (χ1n) is 5.96. The predicted molar refractivity (Wildman–Crippen MR) is 68.9 cm³/mol. The van der Waals surface area contributed by atoms with E-state index in [1.54, 1.807) is 0 Å². The van der Waals surface area contributed by atoms with Crippen molar-refractivity contribution < 1.29 is 0 Å². The van der Waals surface area contributed by atoms with E-state index in [0.717, 1.165) is 0 Å². The molecule has 1 aliphatic rings. The third-order valence-corrected chi connectivity index (χ3v) is 4.67. The monoisotopic (exact) mass is 206 g/mol. The van der Waals surface area contributed by atoms with E-state index in [0.29, 0.717) is 10.8 Å². The Morgan fingerprint density at radius 2 is 1.67 bits per heavy atom. The van der Waals surface area contributed by atoms with Gasteiger partial charge in [0.25, 0.3) is 0 Å². The van der Waals surface area contributed by atoms with Crippen LogP contribution in [0.2, 0.25) is 0 Å². The van der Waals surface area contributed by atoms with Crippen LogP contribution >= 0.6 is 0 Å². The fraction of sp³-hybridized carbons (Fsp3) is 0.733. The summed E-state index contributed by atoms with van der Waals surface area (Å²) in [6, 6.07) is 0. The third kappa shape index (κ3) is 2.04. The van der Waals surface area contributed by atoms with Crippen LogP contribution in [0.1, 0.15) is 54.9 Å². The lowest BCUT2D eigenvalue weighted by Gasteiger charge is -2.51. The molecule has 15 heavy (non-hydrogen) atoms. The second-order valence-electron chi connectivity index (χ2n) is 6.79. The normalized spacial score (nSPS) is 31.0. The lowest BCUT2D eigenvalue weighted by Crippen LogP contribution is -2.43. The van der Waals surface area contributed by atoms with E-state index in [-0.39, 0.29) is 5.41 Å². The maximum atomic E-state index is 2.42. The molecule has 0 amide bonds. The molecule has 0 nitrogen and oxygen atoms in total. The summed E-state index contributed by atoms with van der Waals surface area (Å²) in [6.45, 7) is 16.4. The molecule has 86 valence electrons. The average Bonchev–Trinajstić information content (AvgIpc) is 2.16. The number of rotatable bonds is 0. The maximum Gasteiger partial charge on any atom is -0.0110 e. The molecule has 1 aliphatic carbocycles. The zero-order valence-electron chi connectivity index (χ0n) is 11.4. The highest BCUT2D eigenvalue weighted by Crippen LogP contribution is 2.55. The summed E-state index contributed by atoms with van der Waals surface area (Å²) in [5, 5.41) is 0. The van der Waals surface area contributed by atoms with Gasteiger partial charge in [-0.2, -0.15) is 0 Å². The van der Waals surface area contributed by atoms with Crippen molar-refractivity contribution in [3.8, 4) is 0 Å². The first-order chi connectivity index (χ1) is 6.60. The van der Waals surface area contributed by atoms with Crippen molar-refractivity contribution in [2.75, 3.05) is 0 Å². The highest BCUT2D eigenvalue weighted by atomic mass is 14.5. The number of allylic oxidation sites excluding steroid dienone is 4. The topological polar surface area (TPSA) is 0 Å². The van der Waals surface area contributed by atoms with Crippen molar-refractivity contribution in [1.29, 1.82) is 0 Å². The molecule has 1 atom stereocenters. The van der Waals surface area contributed by atoms with Crippen LogP contribution in [0, 0.1) is 16.2 Å². The molecule has 0 radical (unpaired) electrons. The van der Waals surface area contributed by atoms with Crippen LogP contribution in [0.3, 0.4) is 0 Å². The zero-order valence-corrected chi connectivity index (χ0v) is 11.4. The number of hydrogen-bond acceptors (Lipinski definition) is 0. The van der Waals surface area contributed by atoms with Gasteiger partial charge in [0, 0.05) is 0 Å². The molecular weight excluding hydrogens is 180 g/mol. The first-order valence-corrected chi connectivity index (χ1v) is 5.96. The molecule has 0 aromatic heterocycles. The van der Waals surface area contributed by atoms with E-state index in [9.17, 15) is 0 Å². The Hall–Kier alpha value is -0.520. The van der Waals surface area contributed by atoms with Crippen molar-refractivity contribution in [3.05, 3.63) is 23.8 Å². The molecule has 0 fully saturated rings. The minimum Gasteiger partial charge on any atom is -0.0810 e. The van der Waals surface area contributed by atoms with Crippen LogP contribution in [0.15, 0.2) is 23.8 Å². The lowest BCUT2D eigenvalue weighted by atomic mass is 9.53. The Morgan fingerprint density at radius 3 is 2.13 bits per heavy atom.